The van der Waals surface area contributed by atoms with Crippen molar-refractivity contribution in [2.24, 2.45) is 35.5 Å². The van der Waals surface area contributed by atoms with Crippen molar-refractivity contribution in [3.8, 4) is 45.6 Å². The van der Waals surface area contributed by atoms with E-state index in [1.165, 1.54) is 26.0 Å². The molecule has 4 aromatic rings. The molecule has 2 amide bonds. The molecule has 12 unspecified atom stereocenters. The number of ether oxygens (including phenoxy) is 5. The van der Waals surface area contributed by atoms with Crippen LogP contribution in [0.25, 0.3) is 17.2 Å². The largest absolute Gasteiger partial charge is 0.502 e. The molecule has 3 saturated carbocycles. The summed E-state index contributed by atoms with van der Waals surface area (Å²) in [5.74, 6) is 1.60. The number of rotatable bonds is 23. The molecule has 9 N–H and O–H groups in total. The van der Waals surface area contributed by atoms with Gasteiger partial charge in [0, 0.05) is 100 Å². The van der Waals surface area contributed by atoms with Crippen LogP contribution in [-0.2, 0) is 27.8 Å². The number of nitrogens with one attached hydrogen (secondary N) is 5. The second-order valence-corrected chi connectivity index (χ2v) is 28.3. The predicted molar refractivity (Wildman–Crippen MR) is 352 cm³/mol. The molecule has 17 heteroatoms. The third-order valence-corrected chi connectivity index (χ3v) is 23.3. The first kappa shape index (κ1) is 63.6. The van der Waals surface area contributed by atoms with Crippen LogP contribution in [0, 0.1) is 35.5 Å². The number of fused-ring (bicyclic) bond motifs is 6. The highest BCUT2D eigenvalue weighted by Crippen LogP contribution is 2.62. The number of nitrogens with zero attached hydrogens (tertiary/aromatic N) is 1. The summed E-state index contributed by atoms with van der Waals surface area (Å²) in [4.78, 5) is 30.3. The van der Waals surface area contributed by atoms with Gasteiger partial charge in [0.25, 0.3) is 11.8 Å². The van der Waals surface area contributed by atoms with Gasteiger partial charge in [-0.2, -0.15) is 0 Å². The highest BCUT2D eigenvalue weighted by atomic mass is 16.5. The zero-order chi connectivity index (χ0) is 63.3. The smallest absolute Gasteiger partial charge is 0.258 e. The minimum absolute atomic E-state index is 0.0221. The Hall–Kier alpha value is -6.18. The number of aromatic hydroxyl groups is 1. The molecule has 12 atom stereocenters. The van der Waals surface area contributed by atoms with Gasteiger partial charge in [0.2, 0.25) is 5.75 Å². The van der Waals surface area contributed by atoms with Crippen LogP contribution in [0.4, 0.5) is 5.69 Å². The number of aliphatic hydroxyl groups excluding tert-OH is 3. The normalized spacial score (nSPS) is 29.1. The molecule has 490 valence electrons. The number of methoxy groups -OCH3 is 1. The molecule has 17 nitrogen and oxygen atoms in total. The summed E-state index contributed by atoms with van der Waals surface area (Å²) in [6.07, 6.45) is 20.4. The molecule has 5 aliphatic carbocycles. The number of anilines is 1. The van der Waals surface area contributed by atoms with Crippen molar-refractivity contribution in [2.75, 3.05) is 79.6 Å². The summed E-state index contributed by atoms with van der Waals surface area (Å²) in [5.41, 5.74) is 7.06. The number of phenolic OH excluding ortho intramolecular Hbond substituents is 1. The molecule has 9 aliphatic rings. The van der Waals surface area contributed by atoms with Gasteiger partial charge in [-0.05, 0) is 170 Å². The summed E-state index contributed by atoms with van der Waals surface area (Å²) in [7, 11) is 7.24. The van der Waals surface area contributed by atoms with E-state index < -0.39 is 40.8 Å². The van der Waals surface area contributed by atoms with E-state index in [1.807, 2.05) is 32.3 Å². The molecule has 0 aromatic heterocycles. The van der Waals surface area contributed by atoms with Crippen LogP contribution in [-0.4, -0.2) is 129 Å². The third-order valence-electron chi connectivity index (χ3n) is 23.3. The number of carbonyl (C=O) groups is 2. The number of imide groups is 1. The van der Waals surface area contributed by atoms with Crippen molar-refractivity contribution in [1.82, 2.24) is 26.2 Å². The molecular weight excluding hydrogens is 1150 g/mol. The SMILES string of the molecule is CNCCOc1cc(OC23CCCC(CCC(C)CCNC)C2CCC(C)N3)c2c3c1CCc1c-3c(cc3c1C(O)C(c1cc(OC)c(O)c(OCC(CO)C45CCCC(C6(N7C(=O)C=C(CNC)C7=O)CCCCC6)C4C=Cc4ccccc45)c1)CO3)NC2O. The highest BCUT2D eigenvalue weighted by Gasteiger charge is 2.61. The minimum Gasteiger partial charge on any atom is -0.502 e. The van der Waals surface area contributed by atoms with Crippen LogP contribution in [0.3, 0.4) is 0 Å². The molecule has 4 aliphatic heterocycles. The first-order valence-electron chi connectivity index (χ1n) is 34.4. The number of amides is 2. The lowest BCUT2D eigenvalue weighted by atomic mass is 9.47. The number of hydrogen-bond acceptors (Lipinski definition) is 16. The lowest BCUT2D eigenvalue weighted by molar-refractivity contribution is -0.153. The van der Waals surface area contributed by atoms with E-state index in [0.29, 0.717) is 89.7 Å². The average Bonchev–Trinajstić information content (AvgIpc) is 1.23. The van der Waals surface area contributed by atoms with E-state index >= 15 is 0 Å². The van der Waals surface area contributed by atoms with Gasteiger partial charge in [-0.1, -0.05) is 75.4 Å². The van der Waals surface area contributed by atoms with E-state index in [1.54, 1.807) is 24.1 Å². The fourth-order valence-corrected chi connectivity index (χ4v) is 19.0. The Morgan fingerprint density at radius 1 is 0.813 bits per heavy atom. The molecule has 0 bridgehead atoms. The van der Waals surface area contributed by atoms with Crippen molar-refractivity contribution >= 4 is 23.6 Å². The maximum atomic E-state index is 14.4. The molecule has 4 heterocycles. The standard InChI is InChI=1S/C74H98N6O11/c1-43(26-31-75-3)18-20-46-15-12-30-74(54(46)24-19-44(2)79-74)91-60-38-58(88-33-32-76-4)50-22-23-51-64-57(78-70(85)67(60)66(50)64)37-59-65(51)68(83)52(42-90-59)47-34-61(87-6)69(84)62(35-47)89-41-49(40-81)73-29-13-17-55(56(73)25-21-45-14-8-9-16-53(45)73)72(27-10-7-11-28-72)80-63(82)36-48(39-77-5)71(80)86/h8-9,14,16,21,25,34-38,43-44,46,49,52,54-56,68,70,75-79,81,83-85H,7,10-13,15,17-20,22-24,26-33,39-42H2,1-6H3. The van der Waals surface area contributed by atoms with Gasteiger partial charge in [-0.3, -0.25) is 19.8 Å². The van der Waals surface area contributed by atoms with Crippen LogP contribution >= 0.6 is 0 Å². The van der Waals surface area contributed by atoms with E-state index in [0.717, 1.165) is 136 Å². The zero-order valence-corrected chi connectivity index (χ0v) is 54.4. The number of likely N-dealkylation sites (N-methyl/N-ethyl adjacent to an activating group) is 2. The van der Waals surface area contributed by atoms with Gasteiger partial charge in [0.1, 0.15) is 23.9 Å². The maximum Gasteiger partial charge on any atom is 0.258 e. The maximum absolute atomic E-state index is 14.4. The fraction of sp³-hybridized carbons (Fsp3) is 0.595. The number of piperidine rings is 1. The Bertz CT molecular complexity index is 3440. The summed E-state index contributed by atoms with van der Waals surface area (Å²) in [5, 5.41) is 66.7. The zero-order valence-electron chi connectivity index (χ0n) is 54.4. The van der Waals surface area contributed by atoms with Crippen molar-refractivity contribution in [1.29, 1.82) is 0 Å². The monoisotopic (exact) mass is 1250 g/mol. The number of aliphatic hydroxyl groups is 3. The molecule has 1 saturated heterocycles. The van der Waals surface area contributed by atoms with Crippen LogP contribution < -0.4 is 50.3 Å². The Kier molecular flexibility index (Phi) is 18.4. The van der Waals surface area contributed by atoms with E-state index in [2.05, 4.69) is 70.8 Å². The van der Waals surface area contributed by atoms with Gasteiger partial charge < -0.3 is 65.4 Å². The van der Waals surface area contributed by atoms with E-state index in [4.69, 9.17) is 23.7 Å². The second-order valence-electron chi connectivity index (χ2n) is 28.3. The van der Waals surface area contributed by atoms with Gasteiger partial charge >= 0.3 is 0 Å². The van der Waals surface area contributed by atoms with Crippen molar-refractivity contribution in [3.05, 3.63) is 105 Å². The Labute approximate surface area is 537 Å². The van der Waals surface area contributed by atoms with E-state index in [-0.39, 0.29) is 66.8 Å². The second kappa shape index (κ2) is 26.3. The molecule has 0 radical (unpaired) electrons. The third kappa shape index (κ3) is 11.1. The number of phenols is 1. The molecule has 4 aromatic carbocycles. The van der Waals surface area contributed by atoms with Crippen LogP contribution in [0.15, 0.2) is 66.3 Å². The average molecular weight is 1250 g/mol. The minimum atomic E-state index is -1.10. The lowest BCUT2D eigenvalue weighted by Gasteiger charge is -2.60. The lowest BCUT2D eigenvalue weighted by Crippen LogP contribution is -2.65. The van der Waals surface area contributed by atoms with Crippen LogP contribution in [0.5, 0.6) is 34.5 Å². The highest BCUT2D eigenvalue weighted by molar-refractivity contribution is 6.17. The number of benzene rings is 4. The molecular formula is C74H98N6O11. The quantitative estimate of drug-likeness (QED) is 0.0249. The number of allylic oxidation sites excluding steroid dienone is 1. The predicted octanol–water partition coefficient (Wildman–Crippen LogP) is 10.3. The first-order chi connectivity index (χ1) is 44.2. The number of carbonyl (C=O) groups excluding carboxylic acids is 2. The summed E-state index contributed by atoms with van der Waals surface area (Å²) < 4.78 is 33.9. The van der Waals surface area contributed by atoms with Gasteiger partial charge in [0.05, 0.1) is 44.1 Å². The Morgan fingerprint density at radius 2 is 1.60 bits per heavy atom. The molecule has 13 rings (SSSR count). The van der Waals surface area contributed by atoms with Gasteiger partial charge in [-0.15, -0.1) is 0 Å². The first-order valence-corrected chi connectivity index (χ1v) is 34.4. The van der Waals surface area contributed by atoms with Gasteiger partial charge in [0.15, 0.2) is 23.5 Å². The van der Waals surface area contributed by atoms with Gasteiger partial charge in [-0.25, -0.2) is 0 Å². The van der Waals surface area contributed by atoms with Crippen LogP contribution in [0.1, 0.15) is 174 Å². The Morgan fingerprint density at radius 3 is 2.40 bits per heavy atom. The van der Waals surface area contributed by atoms with Crippen molar-refractivity contribution in [3.63, 3.8) is 0 Å². The van der Waals surface area contributed by atoms with Crippen LogP contribution in [0.2, 0.25) is 0 Å². The van der Waals surface area contributed by atoms with E-state index in [9.17, 15) is 30.0 Å². The summed E-state index contributed by atoms with van der Waals surface area (Å²) >= 11 is 0. The van der Waals surface area contributed by atoms with Crippen molar-refractivity contribution < 1.29 is 53.7 Å². The molecule has 4 fully saturated rings. The topological polar surface area (TPSA) is 225 Å². The number of hydrogen-bond donors (Lipinski definition) is 9. The fourth-order valence-electron chi connectivity index (χ4n) is 19.0. The van der Waals surface area contributed by atoms with Crippen molar-refractivity contribution in [2.45, 2.75) is 170 Å². The summed E-state index contributed by atoms with van der Waals surface area (Å²) in [6.45, 7) is 6.95. The summed E-state index contributed by atoms with van der Waals surface area (Å²) in [6, 6.07) is 16.1. The molecule has 91 heavy (non-hydrogen) atoms. The Balaban J connectivity index is 0.828. The molecule has 0 spiro atoms.